The number of rotatable bonds is 6. The Morgan fingerprint density at radius 3 is 2.70 bits per heavy atom. The van der Waals surface area contributed by atoms with Crippen molar-refractivity contribution < 1.29 is 13.9 Å². The molecule has 0 amide bonds. The average molecular weight is 320 g/mol. The Morgan fingerprint density at radius 1 is 1.50 bits per heavy atom. The van der Waals surface area contributed by atoms with E-state index in [2.05, 4.69) is 11.9 Å². The van der Waals surface area contributed by atoms with E-state index in [1.807, 2.05) is 0 Å². The van der Waals surface area contributed by atoms with E-state index in [9.17, 15) is 9.18 Å². The van der Waals surface area contributed by atoms with Gasteiger partial charge in [0.25, 0.3) is 0 Å². The smallest absolute Gasteiger partial charge is 0.330 e. The molecule has 1 N–H and O–H groups in total. The number of nitrogens with one attached hydrogen (secondary N) is 1. The molecule has 0 radical (unpaired) electrons. The highest BCUT2D eigenvalue weighted by Gasteiger charge is 2.38. The molecule has 0 saturated carbocycles. The minimum absolute atomic E-state index is 0.103. The van der Waals surface area contributed by atoms with Crippen molar-refractivity contribution in [1.29, 1.82) is 0 Å². The maximum absolute atomic E-state index is 13.7. The Balaban J connectivity index is 3.33. The summed E-state index contributed by atoms with van der Waals surface area (Å²) in [7, 11) is 0. The first-order chi connectivity index (χ1) is 9.36. The molecule has 110 valence electrons. The van der Waals surface area contributed by atoms with Crippen LogP contribution >= 0.6 is 23.2 Å². The van der Waals surface area contributed by atoms with E-state index >= 15 is 0 Å². The number of hydrogen-bond acceptors (Lipinski definition) is 3. The topological polar surface area (TPSA) is 38.3 Å². The van der Waals surface area contributed by atoms with Gasteiger partial charge in [-0.25, -0.2) is 9.18 Å². The van der Waals surface area contributed by atoms with Crippen molar-refractivity contribution in [3.05, 3.63) is 46.2 Å². The Morgan fingerprint density at radius 2 is 2.15 bits per heavy atom. The van der Waals surface area contributed by atoms with E-state index in [1.165, 1.54) is 6.07 Å². The maximum Gasteiger partial charge on any atom is 0.330 e. The van der Waals surface area contributed by atoms with Crippen molar-refractivity contribution in [3.63, 3.8) is 0 Å². The van der Waals surface area contributed by atoms with Gasteiger partial charge < -0.3 is 4.74 Å². The number of esters is 1. The summed E-state index contributed by atoms with van der Waals surface area (Å²) in [6.07, 6.45) is 1.58. The summed E-state index contributed by atoms with van der Waals surface area (Å²) in [4.78, 5) is 12.2. The van der Waals surface area contributed by atoms with Gasteiger partial charge in [0, 0.05) is 17.1 Å². The molecule has 0 aliphatic carbocycles. The highest BCUT2D eigenvalue weighted by molar-refractivity contribution is 6.35. The van der Waals surface area contributed by atoms with Crippen LogP contribution in [0, 0.1) is 5.82 Å². The molecule has 0 fully saturated rings. The fourth-order valence-electron chi connectivity index (χ4n) is 1.73. The molecule has 1 rings (SSSR count). The Hall–Kier alpha value is -1.10. The van der Waals surface area contributed by atoms with Crippen molar-refractivity contribution in [2.45, 2.75) is 19.4 Å². The fourth-order valence-corrected chi connectivity index (χ4v) is 2.31. The second kappa shape index (κ2) is 7.07. The van der Waals surface area contributed by atoms with E-state index in [1.54, 1.807) is 19.9 Å². The molecule has 20 heavy (non-hydrogen) atoms. The lowest BCUT2D eigenvalue weighted by atomic mass is 9.91. The third kappa shape index (κ3) is 3.51. The molecule has 0 spiro atoms. The van der Waals surface area contributed by atoms with E-state index in [0.717, 1.165) is 6.07 Å². The van der Waals surface area contributed by atoms with Crippen molar-refractivity contribution in [3.8, 4) is 0 Å². The van der Waals surface area contributed by atoms with Crippen LogP contribution in [0.5, 0.6) is 0 Å². The van der Waals surface area contributed by atoms with Gasteiger partial charge >= 0.3 is 5.97 Å². The Labute approximate surface area is 127 Å². The third-order valence-corrected chi connectivity index (χ3v) is 3.43. The summed E-state index contributed by atoms with van der Waals surface area (Å²) in [5, 5.41) is 3.03. The molecule has 0 bridgehead atoms. The van der Waals surface area contributed by atoms with Crippen LogP contribution in [-0.2, 0) is 15.1 Å². The highest BCUT2D eigenvalue weighted by Crippen LogP contribution is 2.33. The van der Waals surface area contributed by atoms with Gasteiger partial charge in [0.2, 0.25) is 0 Å². The lowest BCUT2D eigenvalue weighted by Crippen LogP contribution is -2.48. The number of hydrogen-bond donors (Lipinski definition) is 1. The van der Waals surface area contributed by atoms with Crippen LogP contribution in [0.3, 0.4) is 0 Å². The lowest BCUT2D eigenvalue weighted by Gasteiger charge is -2.29. The van der Waals surface area contributed by atoms with Crippen molar-refractivity contribution in [2.75, 3.05) is 13.2 Å². The monoisotopic (exact) mass is 319 g/mol. The van der Waals surface area contributed by atoms with Crippen LogP contribution in [0.15, 0.2) is 24.8 Å². The minimum atomic E-state index is -1.29. The zero-order chi connectivity index (χ0) is 15.3. The first kappa shape index (κ1) is 17.0. The molecular weight excluding hydrogens is 304 g/mol. The number of carbonyl (C=O) groups excluding carboxylic acids is 1. The largest absolute Gasteiger partial charge is 0.464 e. The van der Waals surface area contributed by atoms with Crippen LogP contribution in [0.2, 0.25) is 10.0 Å². The zero-order valence-corrected chi connectivity index (χ0v) is 12.8. The Kier molecular flexibility index (Phi) is 5.99. The van der Waals surface area contributed by atoms with Gasteiger partial charge in [-0.05, 0) is 26.0 Å². The molecule has 0 aliphatic rings. The van der Waals surface area contributed by atoms with Gasteiger partial charge in [0.05, 0.1) is 11.6 Å². The Bertz CT molecular complexity index is 522. The lowest BCUT2D eigenvalue weighted by molar-refractivity contribution is -0.150. The van der Waals surface area contributed by atoms with Gasteiger partial charge in [0.1, 0.15) is 11.4 Å². The number of benzene rings is 1. The number of carbonyl (C=O) groups is 1. The maximum atomic E-state index is 13.7. The molecule has 1 unspecified atom stereocenters. The molecule has 1 aromatic carbocycles. The van der Waals surface area contributed by atoms with Gasteiger partial charge in [-0.2, -0.15) is 0 Å². The van der Waals surface area contributed by atoms with Crippen molar-refractivity contribution in [1.82, 2.24) is 5.32 Å². The zero-order valence-electron chi connectivity index (χ0n) is 11.3. The molecule has 0 aliphatic heterocycles. The molecule has 3 nitrogen and oxygen atoms in total. The predicted molar refractivity (Wildman–Crippen MR) is 78.6 cm³/mol. The molecule has 0 aromatic heterocycles. The standard InChI is InChI=1S/C14H16Cl2FNO2/c1-4-6-18-14(3,13(19)20-5-2)9-7-12(17)11(16)8-10(9)15/h4,7-8,18H,1,5-6H2,2-3H3. The van der Waals surface area contributed by atoms with Crippen LogP contribution in [0.4, 0.5) is 4.39 Å². The molecule has 0 saturated heterocycles. The van der Waals surface area contributed by atoms with Crippen molar-refractivity contribution >= 4 is 29.2 Å². The minimum Gasteiger partial charge on any atom is -0.464 e. The van der Waals surface area contributed by atoms with E-state index < -0.39 is 17.3 Å². The predicted octanol–water partition coefficient (Wildman–Crippen LogP) is 3.69. The molecule has 1 aromatic rings. The summed E-state index contributed by atoms with van der Waals surface area (Å²) < 4.78 is 18.7. The summed E-state index contributed by atoms with van der Waals surface area (Å²) in [6.45, 7) is 7.37. The second-order valence-corrected chi connectivity index (χ2v) is 5.08. The van der Waals surface area contributed by atoms with Crippen LogP contribution in [-0.4, -0.2) is 19.1 Å². The quantitative estimate of drug-likeness (QED) is 0.493. The number of ether oxygens (including phenoxy) is 1. The van der Waals surface area contributed by atoms with E-state index in [0.29, 0.717) is 6.54 Å². The van der Waals surface area contributed by atoms with E-state index in [4.69, 9.17) is 27.9 Å². The molecular formula is C14H16Cl2FNO2. The highest BCUT2D eigenvalue weighted by atomic mass is 35.5. The fraction of sp³-hybridized carbons (Fsp3) is 0.357. The number of halogens is 3. The second-order valence-electron chi connectivity index (χ2n) is 4.26. The summed E-state index contributed by atoms with van der Waals surface area (Å²) in [6, 6.07) is 2.40. The van der Waals surface area contributed by atoms with Gasteiger partial charge in [-0.1, -0.05) is 29.3 Å². The van der Waals surface area contributed by atoms with E-state index in [-0.39, 0.29) is 22.2 Å². The molecule has 6 heteroatoms. The summed E-state index contributed by atoms with van der Waals surface area (Å²) in [5.41, 5.74) is -1.02. The normalized spacial score (nSPS) is 13.7. The van der Waals surface area contributed by atoms with Crippen LogP contribution < -0.4 is 5.32 Å². The average Bonchev–Trinajstić information content (AvgIpc) is 2.40. The van der Waals surface area contributed by atoms with Crippen LogP contribution in [0.1, 0.15) is 19.4 Å². The van der Waals surface area contributed by atoms with Crippen LogP contribution in [0.25, 0.3) is 0 Å². The first-order valence-corrected chi connectivity index (χ1v) is 6.80. The molecule has 1 atom stereocenters. The summed E-state index contributed by atoms with van der Waals surface area (Å²) in [5.74, 6) is -1.20. The summed E-state index contributed by atoms with van der Waals surface area (Å²) >= 11 is 11.8. The third-order valence-electron chi connectivity index (χ3n) is 2.83. The van der Waals surface area contributed by atoms with Crippen molar-refractivity contribution in [2.24, 2.45) is 0 Å². The SMILES string of the molecule is C=CCNC(C)(C(=O)OCC)c1cc(F)c(Cl)cc1Cl. The van der Waals surface area contributed by atoms with Gasteiger partial charge in [-0.3, -0.25) is 5.32 Å². The first-order valence-electron chi connectivity index (χ1n) is 6.05. The molecule has 0 heterocycles. The van der Waals surface area contributed by atoms with Gasteiger partial charge in [-0.15, -0.1) is 6.58 Å². The van der Waals surface area contributed by atoms with Gasteiger partial charge in [0.15, 0.2) is 0 Å².